The first-order valence-corrected chi connectivity index (χ1v) is 18.4. The predicted octanol–water partition coefficient (Wildman–Crippen LogP) is 8.45. The smallest absolute Gasteiger partial charge is 0.341 e. The lowest BCUT2D eigenvalue weighted by atomic mass is 10.0. The fourth-order valence-corrected chi connectivity index (χ4v) is 7.32. The van der Waals surface area contributed by atoms with Gasteiger partial charge in [-0.1, -0.05) is 73.2 Å². The number of para-hydroxylation sites is 1. The third-order valence-electron chi connectivity index (χ3n) is 8.08. The highest BCUT2D eigenvalue weighted by atomic mass is 32.2. The molecule has 53 heavy (non-hydrogen) atoms. The molecule has 0 spiro atoms. The number of amides is 3. The molecule has 0 aliphatic heterocycles. The Morgan fingerprint density at radius 1 is 0.849 bits per heavy atom. The average molecular weight is 750 g/mol. The van der Waals surface area contributed by atoms with Crippen molar-refractivity contribution in [2.24, 2.45) is 0 Å². The Kier molecular flexibility index (Phi) is 13.1. The van der Waals surface area contributed by atoms with E-state index in [0.29, 0.717) is 50.9 Å². The van der Waals surface area contributed by atoms with Gasteiger partial charge in [-0.25, -0.2) is 4.79 Å². The topological polar surface area (TPSA) is 132 Å². The van der Waals surface area contributed by atoms with Crippen LogP contribution >= 0.6 is 23.1 Å². The van der Waals surface area contributed by atoms with Gasteiger partial charge in [0.1, 0.15) is 16.3 Å². The summed E-state index contributed by atoms with van der Waals surface area (Å²) < 4.78 is 16.1. The largest absolute Gasteiger partial charge is 0.493 e. The maximum atomic E-state index is 13.8. The SMILES string of the molecule is CCC(Sc1cccc(NC(=O)/C(=C\c2cccc(OC)c2OC)NC(=O)c2ccccc2)c1)C(=O)Nc1scc(-c2ccc(C)cc2)c1C(=O)OC. The maximum Gasteiger partial charge on any atom is 0.341 e. The number of nitrogens with one attached hydrogen (secondary N) is 3. The second kappa shape index (κ2) is 18.1. The Morgan fingerprint density at radius 2 is 1.58 bits per heavy atom. The highest BCUT2D eigenvalue weighted by molar-refractivity contribution is 8.00. The summed E-state index contributed by atoms with van der Waals surface area (Å²) in [5.41, 5.74) is 4.21. The van der Waals surface area contributed by atoms with Crippen LogP contribution in [0.5, 0.6) is 11.5 Å². The van der Waals surface area contributed by atoms with Crippen LogP contribution in [0.1, 0.15) is 45.2 Å². The van der Waals surface area contributed by atoms with Gasteiger partial charge in [-0.15, -0.1) is 23.1 Å². The van der Waals surface area contributed by atoms with Crippen molar-refractivity contribution in [2.45, 2.75) is 30.4 Å². The summed E-state index contributed by atoms with van der Waals surface area (Å²) in [6.07, 6.45) is 2.00. The number of esters is 1. The minimum atomic E-state index is -0.580. The number of carbonyl (C=O) groups is 4. The molecule has 1 heterocycles. The molecular formula is C41H39N3O7S2. The van der Waals surface area contributed by atoms with Gasteiger partial charge in [0.15, 0.2) is 11.5 Å². The third kappa shape index (κ3) is 9.53. The number of anilines is 2. The molecule has 3 N–H and O–H groups in total. The zero-order valence-corrected chi connectivity index (χ0v) is 31.5. The summed E-state index contributed by atoms with van der Waals surface area (Å²) in [6.45, 7) is 3.88. The molecule has 0 fully saturated rings. The Labute approximate surface area is 316 Å². The lowest BCUT2D eigenvalue weighted by molar-refractivity contribution is -0.116. The van der Waals surface area contributed by atoms with Gasteiger partial charge in [0.2, 0.25) is 5.91 Å². The molecule has 0 radical (unpaired) electrons. The van der Waals surface area contributed by atoms with E-state index in [0.717, 1.165) is 16.0 Å². The molecule has 0 saturated heterocycles. The summed E-state index contributed by atoms with van der Waals surface area (Å²) >= 11 is 2.58. The van der Waals surface area contributed by atoms with Crippen molar-refractivity contribution in [2.75, 3.05) is 32.0 Å². The lowest BCUT2D eigenvalue weighted by Gasteiger charge is -2.16. The van der Waals surface area contributed by atoms with Gasteiger partial charge in [-0.2, -0.15) is 0 Å². The quantitative estimate of drug-likeness (QED) is 0.0586. The van der Waals surface area contributed by atoms with Crippen molar-refractivity contribution in [1.82, 2.24) is 5.32 Å². The minimum Gasteiger partial charge on any atom is -0.493 e. The molecular weight excluding hydrogens is 711 g/mol. The van der Waals surface area contributed by atoms with E-state index in [-0.39, 0.29) is 11.6 Å². The maximum absolute atomic E-state index is 13.8. The van der Waals surface area contributed by atoms with Crippen molar-refractivity contribution in [3.8, 4) is 22.6 Å². The number of ether oxygens (including phenoxy) is 3. The van der Waals surface area contributed by atoms with E-state index < -0.39 is 23.0 Å². The van der Waals surface area contributed by atoms with Gasteiger partial charge in [0.05, 0.1) is 26.6 Å². The average Bonchev–Trinajstić information content (AvgIpc) is 3.59. The molecule has 12 heteroatoms. The van der Waals surface area contributed by atoms with E-state index in [4.69, 9.17) is 14.2 Å². The number of benzene rings is 4. The van der Waals surface area contributed by atoms with Crippen molar-refractivity contribution in [1.29, 1.82) is 0 Å². The standard InChI is InChI=1S/C41H39N3O7S2/c1-6-34(39(47)44-40-35(41(48)51-5)31(24-52-40)26-20-18-25(2)19-21-26)53-30-16-11-15-29(23-30)42-38(46)32(43-37(45)27-12-8-7-9-13-27)22-28-14-10-17-33(49-3)36(28)50-4/h7-24,34H,6H2,1-5H3,(H,42,46)(H,43,45)(H,44,47)/b32-22+. The van der Waals surface area contributed by atoms with Crippen LogP contribution in [0.25, 0.3) is 17.2 Å². The molecule has 10 nitrogen and oxygen atoms in total. The van der Waals surface area contributed by atoms with Crippen molar-refractivity contribution in [3.05, 3.63) is 130 Å². The second-order valence-electron chi connectivity index (χ2n) is 11.7. The van der Waals surface area contributed by atoms with Crippen LogP contribution in [0.4, 0.5) is 10.7 Å². The third-order valence-corrected chi connectivity index (χ3v) is 10.3. The molecule has 272 valence electrons. The lowest BCUT2D eigenvalue weighted by Crippen LogP contribution is -2.30. The summed E-state index contributed by atoms with van der Waals surface area (Å²) in [7, 11) is 4.32. The van der Waals surface area contributed by atoms with Crippen molar-refractivity contribution < 1.29 is 33.4 Å². The Hall–Kier alpha value is -5.85. The summed E-state index contributed by atoms with van der Waals surface area (Å²) in [4.78, 5) is 54.2. The van der Waals surface area contributed by atoms with E-state index in [9.17, 15) is 19.2 Å². The van der Waals surface area contributed by atoms with Crippen LogP contribution < -0.4 is 25.4 Å². The highest BCUT2D eigenvalue weighted by Crippen LogP contribution is 2.38. The number of hydrogen-bond acceptors (Lipinski definition) is 9. The van der Waals surface area contributed by atoms with Crippen LogP contribution in [0, 0.1) is 6.92 Å². The molecule has 1 atom stereocenters. The number of hydrogen-bond donors (Lipinski definition) is 3. The van der Waals surface area contributed by atoms with Gasteiger partial charge in [-0.05, 0) is 61.4 Å². The first-order chi connectivity index (χ1) is 25.6. The van der Waals surface area contributed by atoms with Gasteiger partial charge in [-0.3, -0.25) is 14.4 Å². The van der Waals surface area contributed by atoms with Crippen LogP contribution in [-0.2, 0) is 14.3 Å². The number of thioether (sulfide) groups is 1. The van der Waals surface area contributed by atoms with E-state index in [1.807, 2.05) is 49.6 Å². The Balaban J connectivity index is 1.36. The minimum absolute atomic E-state index is 0.0309. The molecule has 5 aromatic rings. The molecule has 0 aliphatic rings. The van der Waals surface area contributed by atoms with Gasteiger partial charge in [0.25, 0.3) is 11.8 Å². The molecule has 5 rings (SSSR count). The zero-order valence-electron chi connectivity index (χ0n) is 29.9. The van der Waals surface area contributed by atoms with Crippen molar-refractivity contribution >= 4 is 63.6 Å². The first kappa shape index (κ1) is 38.4. The number of rotatable bonds is 14. The number of thiophene rings is 1. The molecule has 0 aliphatic carbocycles. The summed E-state index contributed by atoms with van der Waals surface area (Å²) in [5, 5.41) is 10.3. The van der Waals surface area contributed by atoms with E-state index in [1.165, 1.54) is 50.5 Å². The van der Waals surface area contributed by atoms with E-state index in [1.54, 1.807) is 66.7 Å². The normalized spacial score (nSPS) is 11.6. The zero-order chi connectivity index (χ0) is 37.9. The Bertz CT molecular complexity index is 2130. The van der Waals surface area contributed by atoms with E-state index >= 15 is 0 Å². The number of aryl methyl sites for hydroxylation is 1. The second-order valence-corrected chi connectivity index (χ2v) is 13.8. The number of methoxy groups -OCH3 is 3. The first-order valence-electron chi connectivity index (χ1n) is 16.6. The molecule has 3 amide bonds. The van der Waals surface area contributed by atoms with Crippen LogP contribution in [0.15, 0.2) is 113 Å². The number of carbonyl (C=O) groups excluding carboxylic acids is 4. The van der Waals surface area contributed by atoms with E-state index in [2.05, 4.69) is 16.0 Å². The molecule has 4 aromatic carbocycles. The Morgan fingerprint density at radius 3 is 2.26 bits per heavy atom. The van der Waals surface area contributed by atoms with Crippen LogP contribution in [0.2, 0.25) is 0 Å². The van der Waals surface area contributed by atoms with Gasteiger partial charge >= 0.3 is 5.97 Å². The van der Waals surface area contributed by atoms with Crippen LogP contribution in [0.3, 0.4) is 0 Å². The summed E-state index contributed by atoms with van der Waals surface area (Å²) in [5.74, 6) is -1.02. The fourth-order valence-electron chi connectivity index (χ4n) is 5.35. The molecule has 1 unspecified atom stereocenters. The predicted molar refractivity (Wildman–Crippen MR) is 211 cm³/mol. The molecule has 0 bridgehead atoms. The molecule has 1 aromatic heterocycles. The van der Waals surface area contributed by atoms with Gasteiger partial charge in [0, 0.05) is 32.7 Å². The summed E-state index contributed by atoms with van der Waals surface area (Å²) in [6, 6.07) is 28.6. The monoisotopic (exact) mass is 749 g/mol. The highest BCUT2D eigenvalue weighted by Gasteiger charge is 2.26. The van der Waals surface area contributed by atoms with Crippen molar-refractivity contribution in [3.63, 3.8) is 0 Å². The van der Waals surface area contributed by atoms with Gasteiger partial charge < -0.3 is 30.2 Å². The van der Waals surface area contributed by atoms with Crippen LogP contribution in [-0.4, -0.2) is 50.3 Å². The molecule has 0 saturated carbocycles. The fraction of sp³-hybridized carbons (Fsp3) is 0.171.